The number of halogens is 1. The molecule has 0 aromatic heterocycles. The molecule has 126 valence electrons. The van der Waals surface area contributed by atoms with Gasteiger partial charge in [-0.05, 0) is 38.1 Å². The highest BCUT2D eigenvalue weighted by Crippen LogP contribution is 2.18. The maximum Gasteiger partial charge on any atom is 0.225 e. The summed E-state index contributed by atoms with van der Waals surface area (Å²) in [5.41, 5.74) is 0.0622. The second-order valence-corrected chi connectivity index (χ2v) is 6.64. The van der Waals surface area contributed by atoms with Gasteiger partial charge in [0.1, 0.15) is 5.82 Å². The molecule has 1 aromatic carbocycles. The maximum atomic E-state index is 13.6. The first-order valence-electron chi connectivity index (χ1n) is 8.09. The van der Waals surface area contributed by atoms with E-state index in [0.29, 0.717) is 12.5 Å². The van der Waals surface area contributed by atoms with E-state index in [-0.39, 0.29) is 23.7 Å². The summed E-state index contributed by atoms with van der Waals surface area (Å²) in [5, 5.41) is 0. The summed E-state index contributed by atoms with van der Waals surface area (Å²) in [6, 6.07) is 5.91. The summed E-state index contributed by atoms with van der Waals surface area (Å²) >= 11 is 0. The van der Waals surface area contributed by atoms with Crippen LogP contribution in [-0.2, 0) is 4.79 Å². The molecule has 1 saturated heterocycles. The molecule has 4 nitrogen and oxygen atoms in total. The van der Waals surface area contributed by atoms with Crippen LogP contribution in [0.15, 0.2) is 24.3 Å². The monoisotopic (exact) mass is 320 g/mol. The molecule has 23 heavy (non-hydrogen) atoms. The minimum atomic E-state index is -0.528. The van der Waals surface area contributed by atoms with Gasteiger partial charge in [0.2, 0.25) is 5.91 Å². The van der Waals surface area contributed by atoms with Gasteiger partial charge in [0.15, 0.2) is 5.78 Å². The Morgan fingerprint density at radius 2 is 2.09 bits per heavy atom. The molecule has 1 amide bonds. The fraction of sp³-hybridized carbons (Fsp3) is 0.556. The number of ketones is 1. The van der Waals surface area contributed by atoms with Gasteiger partial charge in [0, 0.05) is 32.5 Å². The lowest BCUT2D eigenvalue weighted by Gasteiger charge is -2.24. The van der Waals surface area contributed by atoms with E-state index in [1.807, 2.05) is 0 Å². The van der Waals surface area contributed by atoms with Crippen LogP contribution >= 0.6 is 0 Å². The van der Waals surface area contributed by atoms with Crippen molar-refractivity contribution in [2.24, 2.45) is 11.8 Å². The number of amides is 1. The van der Waals surface area contributed by atoms with E-state index in [9.17, 15) is 14.0 Å². The number of likely N-dealkylation sites (tertiary alicyclic amines) is 1. The second kappa shape index (κ2) is 7.68. The summed E-state index contributed by atoms with van der Waals surface area (Å²) in [6.45, 7) is 4.51. The Hall–Kier alpha value is -1.75. The van der Waals surface area contributed by atoms with Crippen LogP contribution in [0.4, 0.5) is 4.39 Å². The smallest absolute Gasteiger partial charge is 0.225 e. The first-order chi connectivity index (χ1) is 10.9. The SMILES string of the molecule is CC(CC(=O)c1ccccc1F)C(=O)N(C)CC1CCN(C)C1. The highest BCUT2D eigenvalue weighted by molar-refractivity contribution is 5.98. The van der Waals surface area contributed by atoms with Crippen molar-refractivity contribution < 1.29 is 14.0 Å². The second-order valence-electron chi connectivity index (χ2n) is 6.64. The van der Waals surface area contributed by atoms with E-state index >= 15 is 0 Å². The van der Waals surface area contributed by atoms with Crippen LogP contribution in [0, 0.1) is 17.7 Å². The quantitative estimate of drug-likeness (QED) is 0.756. The lowest BCUT2D eigenvalue weighted by atomic mass is 9.98. The predicted molar refractivity (Wildman–Crippen MR) is 87.8 cm³/mol. The maximum absolute atomic E-state index is 13.6. The summed E-state index contributed by atoms with van der Waals surface area (Å²) in [7, 11) is 3.86. The lowest BCUT2D eigenvalue weighted by Crippen LogP contribution is -2.36. The average Bonchev–Trinajstić information content (AvgIpc) is 2.91. The van der Waals surface area contributed by atoms with E-state index < -0.39 is 11.7 Å². The van der Waals surface area contributed by atoms with Gasteiger partial charge in [-0.2, -0.15) is 0 Å². The minimum Gasteiger partial charge on any atom is -0.345 e. The van der Waals surface area contributed by atoms with Crippen LogP contribution in [0.2, 0.25) is 0 Å². The largest absolute Gasteiger partial charge is 0.345 e. The summed E-state index contributed by atoms with van der Waals surface area (Å²) < 4.78 is 13.6. The summed E-state index contributed by atoms with van der Waals surface area (Å²) in [4.78, 5) is 28.6. The third kappa shape index (κ3) is 4.61. The number of carbonyl (C=O) groups excluding carboxylic acids is 2. The Balaban J connectivity index is 1.89. The van der Waals surface area contributed by atoms with Crippen LogP contribution in [-0.4, -0.2) is 55.2 Å². The number of Topliss-reactive ketones (excluding diaryl/α,β-unsaturated/α-hetero) is 1. The minimum absolute atomic E-state index is 0.0364. The first-order valence-corrected chi connectivity index (χ1v) is 8.09. The number of hydrogen-bond donors (Lipinski definition) is 0. The zero-order chi connectivity index (χ0) is 17.0. The van der Waals surface area contributed by atoms with E-state index in [4.69, 9.17) is 0 Å². The van der Waals surface area contributed by atoms with Crippen molar-refractivity contribution >= 4 is 11.7 Å². The topological polar surface area (TPSA) is 40.6 Å². The molecule has 2 atom stereocenters. The highest BCUT2D eigenvalue weighted by Gasteiger charge is 2.26. The third-order valence-corrected chi connectivity index (χ3v) is 4.48. The zero-order valence-electron chi connectivity index (χ0n) is 14.1. The Morgan fingerprint density at radius 1 is 1.39 bits per heavy atom. The Bertz CT molecular complexity index is 576. The van der Waals surface area contributed by atoms with Gasteiger partial charge in [-0.1, -0.05) is 19.1 Å². The summed E-state index contributed by atoms with van der Waals surface area (Å²) in [5.74, 6) is -0.851. The van der Waals surface area contributed by atoms with Gasteiger partial charge in [-0.15, -0.1) is 0 Å². The molecule has 0 radical (unpaired) electrons. The molecule has 1 heterocycles. The molecule has 5 heteroatoms. The van der Waals surface area contributed by atoms with Crippen molar-refractivity contribution in [3.63, 3.8) is 0 Å². The van der Waals surface area contributed by atoms with E-state index in [0.717, 1.165) is 19.5 Å². The Labute approximate surface area is 137 Å². The molecule has 2 unspecified atom stereocenters. The molecular weight excluding hydrogens is 295 g/mol. The predicted octanol–water partition coefficient (Wildman–Crippen LogP) is 2.44. The van der Waals surface area contributed by atoms with Gasteiger partial charge in [0.25, 0.3) is 0 Å². The van der Waals surface area contributed by atoms with Crippen molar-refractivity contribution in [1.82, 2.24) is 9.80 Å². The van der Waals surface area contributed by atoms with Crippen molar-refractivity contribution in [2.75, 3.05) is 33.7 Å². The first kappa shape index (κ1) is 17.6. The fourth-order valence-electron chi connectivity index (χ4n) is 3.19. The molecular formula is C18H25FN2O2. The van der Waals surface area contributed by atoms with E-state index in [1.165, 1.54) is 12.1 Å². The zero-order valence-corrected chi connectivity index (χ0v) is 14.1. The molecule has 0 aliphatic carbocycles. The van der Waals surface area contributed by atoms with Gasteiger partial charge in [-0.25, -0.2) is 4.39 Å². The number of nitrogens with zero attached hydrogens (tertiary/aromatic N) is 2. The number of benzene rings is 1. The molecule has 0 N–H and O–H groups in total. The number of rotatable bonds is 6. The van der Waals surface area contributed by atoms with Crippen LogP contribution in [0.3, 0.4) is 0 Å². The van der Waals surface area contributed by atoms with Crippen molar-refractivity contribution in [2.45, 2.75) is 19.8 Å². The van der Waals surface area contributed by atoms with Gasteiger partial charge in [-0.3, -0.25) is 9.59 Å². The molecule has 0 bridgehead atoms. The van der Waals surface area contributed by atoms with Gasteiger partial charge in [0.05, 0.1) is 5.56 Å². The molecule has 1 aliphatic rings. The van der Waals surface area contributed by atoms with Crippen LogP contribution in [0.1, 0.15) is 30.1 Å². The molecule has 0 spiro atoms. The van der Waals surface area contributed by atoms with Crippen LogP contribution < -0.4 is 0 Å². The lowest BCUT2D eigenvalue weighted by molar-refractivity contribution is -0.134. The summed E-state index contributed by atoms with van der Waals surface area (Å²) in [6.07, 6.45) is 1.13. The molecule has 1 aliphatic heterocycles. The van der Waals surface area contributed by atoms with Crippen LogP contribution in [0.5, 0.6) is 0 Å². The van der Waals surface area contributed by atoms with E-state index in [2.05, 4.69) is 11.9 Å². The highest BCUT2D eigenvalue weighted by atomic mass is 19.1. The van der Waals surface area contributed by atoms with Crippen molar-refractivity contribution in [3.05, 3.63) is 35.6 Å². The Morgan fingerprint density at radius 3 is 2.70 bits per heavy atom. The van der Waals surface area contributed by atoms with E-state index in [1.54, 1.807) is 31.0 Å². The molecule has 1 aromatic rings. The molecule has 0 saturated carbocycles. The normalized spacial score (nSPS) is 19.6. The third-order valence-electron chi connectivity index (χ3n) is 4.48. The van der Waals surface area contributed by atoms with Crippen molar-refractivity contribution in [3.8, 4) is 0 Å². The fourth-order valence-corrected chi connectivity index (χ4v) is 3.19. The Kier molecular flexibility index (Phi) is 5.88. The van der Waals surface area contributed by atoms with Crippen LogP contribution in [0.25, 0.3) is 0 Å². The van der Waals surface area contributed by atoms with Crippen molar-refractivity contribution in [1.29, 1.82) is 0 Å². The molecule has 2 rings (SSSR count). The standard InChI is InChI=1S/C18H25FN2O2/c1-13(10-17(22)15-6-4-5-7-16(15)19)18(23)21(3)12-14-8-9-20(2)11-14/h4-7,13-14H,8-12H2,1-3H3. The number of hydrogen-bond acceptors (Lipinski definition) is 3. The van der Waals surface area contributed by atoms with Gasteiger partial charge < -0.3 is 9.80 Å². The van der Waals surface area contributed by atoms with Gasteiger partial charge >= 0.3 is 0 Å². The average molecular weight is 320 g/mol. The number of carbonyl (C=O) groups is 2. The molecule has 1 fully saturated rings.